The molecule has 0 fully saturated rings. The van der Waals surface area contributed by atoms with Crippen molar-refractivity contribution in [1.29, 1.82) is 0 Å². The van der Waals surface area contributed by atoms with Crippen LogP contribution in [0.1, 0.15) is 11.0 Å². The number of hydrogen-bond donors (Lipinski definition) is 0. The largest absolute Gasteiger partial charge is 0.348 e. The summed E-state index contributed by atoms with van der Waals surface area (Å²) < 4.78 is 1.16. The highest BCUT2D eigenvalue weighted by atomic mass is 79.9. The number of fused-ring (bicyclic) bond motifs is 1. The van der Waals surface area contributed by atoms with Gasteiger partial charge in [0, 0.05) is 28.8 Å². The topological polar surface area (TPSA) is 6.48 Å². The Balaban J connectivity index is 2.06. The van der Waals surface area contributed by atoms with E-state index in [0.29, 0.717) is 6.17 Å². The molecule has 0 bridgehead atoms. The molecule has 0 spiro atoms. The van der Waals surface area contributed by atoms with Gasteiger partial charge in [-0.25, -0.2) is 0 Å². The molecule has 0 amide bonds. The van der Waals surface area contributed by atoms with E-state index >= 15 is 0 Å². The van der Waals surface area contributed by atoms with Crippen LogP contribution in [0.2, 0.25) is 0 Å². The van der Waals surface area contributed by atoms with Crippen LogP contribution < -0.4 is 9.80 Å². The van der Waals surface area contributed by atoms with Crippen LogP contribution in [-0.4, -0.2) is 14.1 Å². The lowest BCUT2D eigenvalue weighted by molar-refractivity contribution is 0.707. The van der Waals surface area contributed by atoms with Crippen LogP contribution in [-0.2, 0) is 0 Å². The molecule has 2 heterocycles. The lowest BCUT2D eigenvalue weighted by Gasteiger charge is -2.26. The zero-order valence-corrected chi connectivity index (χ0v) is 12.1. The molecule has 0 saturated carbocycles. The van der Waals surface area contributed by atoms with Crippen molar-refractivity contribution in [2.75, 3.05) is 23.9 Å². The third-order valence-electron chi connectivity index (χ3n) is 3.22. The molecule has 0 saturated heterocycles. The Labute approximate surface area is 114 Å². The highest BCUT2D eigenvalue weighted by Gasteiger charge is 2.32. The minimum Gasteiger partial charge on any atom is -0.348 e. The third-order valence-corrected chi connectivity index (χ3v) is 4.95. The standard InChI is InChI=1S/C13H13BrN2S/c1-15-10-5-3-4-6-11(10)16(2)13(15)12-7-9(14)8-17-12/h3-8,13H,1-2H3. The maximum absolute atomic E-state index is 3.53. The van der Waals surface area contributed by atoms with Gasteiger partial charge in [-0.1, -0.05) is 12.1 Å². The predicted octanol–water partition coefficient (Wildman–Crippen LogP) is 4.10. The Morgan fingerprint density at radius 1 is 1.12 bits per heavy atom. The average molecular weight is 309 g/mol. The summed E-state index contributed by atoms with van der Waals surface area (Å²) in [4.78, 5) is 6.01. The van der Waals surface area contributed by atoms with E-state index in [9.17, 15) is 0 Å². The number of anilines is 2. The average Bonchev–Trinajstić information content (AvgIpc) is 2.84. The van der Waals surface area contributed by atoms with Gasteiger partial charge in [0.15, 0.2) is 0 Å². The molecule has 1 aromatic heterocycles. The molecule has 0 N–H and O–H groups in total. The molecule has 0 unspecified atom stereocenters. The molecule has 88 valence electrons. The molecular weight excluding hydrogens is 296 g/mol. The Hall–Kier alpha value is -1.000. The van der Waals surface area contributed by atoms with Crippen LogP contribution in [0.5, 0.6) is 0 Å². The fourth-order valence-corrected chi connectivity index (χ4v) is 4.06. The summed E-state index contributed by atoms with van der Waals surface area (Å²) in [6, 6.07) is 10.7. The van der Waals surface area contributed by atoms with Gasteiger partial charge in [0.25, 0.3) is 0 Å². The summed E-state index contributed by atoms with van der Waals surface area (Å²) in [6.07, 6.45) is 0.309. The molecule has 1 aliphatic rings. The number of thiophene rings is 1. The molecule has 3 rings (SSSR count). The van der Waals surface area contributed by atoms with E-state index in [1.165, 1.54) is 16.3 Å². The van der Waals surface area contributed by atoms with Gasteiger partial charge in [0.2, 0.25) is 0 Å². The van der Waals surface area contributed by atoms with E-state index < -0.39 is 0 Å². The van der Waals surface area contributed by atoms with Crippen molar-refractivity contribution in [1.82, 2.24) is 0 Å². The maximum atomic E-state index is 3.53. The van der Waals surface area contributed by atoms with Gasteiger partial charge in [-0.2, -0.15) is 0 Å². The number of hydrogen-bond acceptors (Lipinski definition) is 3. The summed E-state index contributed by atoms with van der Waals surface area (Å²) in [6.45, 7) is 0. The van der Waals surface area contributed by atoms with E-state index in [2.05, 4.69) is 75.5 Å². The smallest absolute Gasteiger partial charge is 0.137 e. The van der Waals surface area contributed by atoms with Gasteiger partial charge in [0.1, 0.15) is 6.17 Å². The predicted molar refractivity (Wildman–Crippen MR) is 78.0 cm³/mol. The highest BCUT2D eigenvalue weighted by molar-refractivity contribution is 9.10. The molecule has 0 radical (unpaired) electrons. The van der Waals surface area contributed by atoms with Gasteiger partial charge >= 0.3 is 0 Å². The Morgan fingerprint density at radius 3 is 2.18 bits per heavy atom. The van der Waals surface area contributed by atoms with Crippen LogP contribution in [0.4, 0.5) is 11.4 Å². The second-order valence-corrected chi connectivity index (χ2v) is 6.11. The van der Waals surface area contributed by atoms with Crippen molar-refractivity contribution in [2.24, 2.45) is 0 Å². The molecule has 1 aliphatic heterocycles. The Kier molecular flexibility index (Phi) is 2.64. The second kappa shape index (κ2) is 4.03. The van der Waals surface area contributed by atoms with Crippen molar-refractivity contribution in [3.63, 3.8) is 0 Å². The number of para-hydroxylation sites is 2. The number of benzene rings is 1. The van der Waals surface area contributed by atoms with E-state index in [0.717, 1.165) is 4.47 Å². The first kappa shape index (κ1) is 11.1. The summed E-state index contributed by atoms with van der Waals surface area (Å²) in [5.74, 6) is 0. The number of nitrogens with zero attached hydrogens (tertiary/aromatic N) is 2. The first-order valence-electron chi connectivity index (χ1n) is 5.47. The molecule has 0 aliphatic carbocycles. The van der Waals surface area contributed by atoms with E-state index in [1.807, 2.05) is 0 Å². The van der Waals surface area contributed by atoms with Crippen LogP contribution in [0.3, 0.4) is 0 Å². The summed E-state index contributed by atoms with van der Waals surface area (Å²) in [7, 11) is 4.31. The van der Waals surface area contributed by atoms with Gasteiger partial charge in [-0.05, 0) is 34.1 Å². The monoisotopic (exact) mass is 308 g/mol. The summed E-state index contributed by atoms with van der Waals surface area (Å²) in [5.41, 5.74) is 2.59. The normalized spacial score (nSPS) is 15.5. The SMILES string of the molecule is CN1c2ccccc2N(C)C1c1cc(Br)cs1. The van der Waals surface area contributed by atoms with Crippen molar-refractivity contribution in [3.05, 3.63) is 45.1 Å². The molecule has 17 heavy (non-hydrogen) atoms. The fourth-order valence-electron chi connectivity index (χ4n) is 2.43. The molecular formula is C13H13BrN2S. The maximum Gasteiger partial charge on any atom is 0.137 e. The molecule has 4 heteroatoms. The van der Waals surface area contributed by atoms with Crippen LogP contribution in [0, 0.1) is 0 Å². The first-order chi connectivity index (χ1) is 8.18. The van der Waals surface area contributed by atoms with E-state index in [1.54, 1.807) is 11.3 Å². The van der Waals surface area contributed by atoms with Gasteiger partial charge in [-0.3, -0.25) is 0 Å². The van der Waals surface area contributed by atoms with Crippen LogP contribution in [0.25, 0.3) is 0 Å². The number of halogens is 1. The molecule has 2 nitrogen and oxygen atoms in total. The highest BCUT2D eigenvalue weighted by Crippen LogP contribution is 2.45. The minimum atomic E-state index is 0.309. The van der Waals surface area contributed by atoms with Crippen molar-refractivity contribution >= 4 is 38.6 Å². The van der Waals surface area contributed by atoms with Crippen LogP contribution >= 0.6 is 27.3 Å². The van der Waals surface area contributed by atoms with Crippen LogP contribution in [0.15, 0.2) is 40.2 Å². The molecule has 2 aromatic rings. The fraction of sp³-hybridized carbons (Fsp3) is 0.231. The van der Waals surface area contributed by atoms with E-state index in [-0.39, 0.29) is 0 Å². The van der Waals surface area contributed by atoms with Crippen molar-refractivity contribution in [3.8, 4) is 0 Å². The lowest BCUT2D eigenvalue weighted by Crippen LogP contribution is -2.29. The Morgan fingerprint density at radius 2 is 1.71 bits per heavy atom. The second-order valence-electron chi connectivity index (χ2n) is 4.25. The third kappa shape index (κ3) is 1.67. The van der Waals surface area contributed by atoms with Gasteiger partial charge in [-0.15, -0.1) is 11.3 Å². The van der Waals surface area contributed by atoms with Crippen molar-refractivity contribution < 1.29 is 0 Å². The zero-order chi connectivity index (χ0) is 12.0. The minimum absolute atomic E-state index is 0.309. The van der Waals surface area contributed by atoms with Crippen molar-refractivity contribution in [2.45, 2.75) is 6.17 Å². The summed E-state index contributed by atoms with van der Waals surface area (Å²) >= 11 is 5.32. The lowest BCUT2D eigenvalue weighted by atomic mass is 10.3. The van der Waals surface area contributed by atoms with Gasteiger partial charge < -0.3 is 9.80 Å². The zero-order valence-electron chi connectivity index (χ0n) is 9.72. The number of rotatable bonds is 1. The molecule has 0 atom stereocenters. The Bertz CT molecular complexity index is 523. The van der Waals surface area contributed by atoms with E-state index in [4.69, 9.17) is 0 Å². The quantitative estimate of drug-likeness (QED) is 0.782. The van der Waals surface area contributed by atoms with Gasteiger partial charge in [0.05, 0.1) is 11.4 Å². The first-order valence-corrected chi connectivity index (χ1v) is 7.14. The summed E-state index contributed by atoms with van der Waals surface area (Å²) in [5, 5.41) is 2.14. The molecule has 1 aromatic carbocycles.